The Morgan fingerprint density at radius 1 is 0.465 bits per heavy atom. The van der Waals surface area contributed by atoms with Gasteiger partial charge in [0.15, 0.2) is 0 Å². The Balaban J connectivity index is 1.80. The van der Waals surface area contributed by atoms with Crippen LogP contribution in [0.4, 0.5) is 0 Å². The lowest BCUT2D eigenvalue weighted by molar-refractivity contribution is -0.146. The third-order valence-electron chi connectivity index (χ3n) is 11.0. The van der Waals surface area contributed by atoms with Crippen molar-refractivity contribution in [2.75, 3.05) is 26.4 Å². The van der Waals surface area contributed by atoms with Crippen molar-refractivity contribution in [3.8, 4) is 0 Å². The summed E-state index contributed by atoms with van der Waals surface area (Å²) >= 11 is 0. The lowest BCUT2D eigenvalue weighted by atomic mass is 9.72. The third-order valence-corrected chi connectivity index (χ3v) is 11.0. The fraction of sp³-hybridized carbons (Fsp3) is 0.886. The van der Waals surface area contributed by atoms with Crippen molar-refractivity contribution in [2.24, 2.45) is 59.2 Å². The van der Waals surface area contributed by atoms with Gasteiger partial charge in [-0.1, -0.05) is 54.4 Å². The van der Waals surface area contributed by atoms with Gasteiger partial charge in [0, 0.05) is 25.7 Å². The lowest BCUT2D eigenvalue weighted by Crippen LogP contribution is -2.31. The van der Waals surface area contributed by atoms with E-state index in [1.807, 2.05) is 27.7 Å². The molecule has 0 spiro atoms. The first-order chi connectivity index (χ1) is 20.7. The third kappa shape index (κ3) is 9.20. The molecule has 3 aliphatic carbocycles. The van der Waals surface area contributed by atoms with E-state index in [0.29, 0.717) is 87.6 Å². The second-order valence-corrected chi connectivity index (χ2v) is 13.3. The average molecular weight is 607 g/mol. The summed E-state index contributed by atoms with van der Waals surface area (Å²) in [6.45, 7) is 13.5. The molecule has 3 saturated carbocycles. The van der Waals surface area contributed by atoms with Crippen molar-refractivity contribution in [2.45, 2.75) is 112 Å². The number of esters is 4. The SMILES string of the molecule is CCC(=O)OC[C@@H]1C[C@H](COC(=O)CC)[C@H](CC)C1C1CCC(C2[C@@H](COC(=O)CC)C[C@@H](COC(=O)CC)[C@H]2CC)C1. The van der Waals surface area contributed by atoms with E-state index in [4.69, 9.17) is 18.9 Å². The molecule has 3 rings (SSSR count). The maximum absolute atomic E-state index is 12.1. The van der Waals surface area contributed by atoms with Gasteiger partial charge in [-0.3, -0.25) is 19.2 Å². The monoisotopic (exact) mass is 606 g/mol. The zero-order valence-electron chi connectivity index (χ0n) is 27.6. The molecule has 0 saturated heterocycles. The van der Waals surface area contributed by atoms with Gasteiger partial charge in [0.25, 0.3) is 0 Å². The van der Waals surface area contributed by atoms with Crippen molar-refractivity contribution in [1.82, 2.24) is 0 Å². The summed E-state index contributed by atoms with van der Waals surface area (Å²) in [5.41, 5.74) is 0. The maximum Gasteiger partial charge on any atom is 0.305 e. The number of carbonyl (C=O) groups is 4. The first kappa shape index (κ1) is 35.4. The molecule has 3 fully saturated rings. The van der Waals surface area contributed by atoms with Gasteiger partial charge >= 0.3 is 23.9 Å². The van der Waals surface area contributed by atoms with Gasteiger partial charge in [-0.2, -0.15) is 0 Å². The van der Waals surface area contributed by atoms with E-state index in [9.17, 15) is 19.2 Å². The topological polar surface area (TPSA) is 105 Å². The Kier molecular flexibility index (Phi) is 14.3. The molecule has 43 heavy (non-hydrogen) atoms. The summed E-state index contributed by atoms with van der Waals surface area (Å²) in [5, 5.41) is 0. The molecular formula is C35H58O8. The Labute approximate surface area is 259 Å². The normalized spacial score (nSPS) is 33.7. The van der Waals surface area contributed by atoms with E-state index in [1.54, 1.807) is 0 Å². The summed E-state index contributed by atoms with van der Waals surface area (Å²) in [4.78, 5) is 48.3. The molecule has 10 atom stereocenters. The molecule has 3 aliphatic rings. The molecule has 4 unspecified atom stereocenters. The molecule has 8 heteroatoms. The molecule has 0 aromatic rings. The van der Waals surface area contributed by atoms with Gasteiger partial charge < -0.3 is 18.9 Å². The van der Waals surface area contributed by atoms with Crippen LogP contribution in [0.15, 0.2) is 0 Å². The van der Waals surface area contributed by atoms with Crippen LogP contribution >= 0.6 is 0 Å². The van der Waals surface area contributed by atoms with Gasteiger partial charge in [0.05, 0.1) is 26.4 Å². The summed E-state index contributed by atoms with van der Waals surface area (Å²) in [5.74, 6) is 3.18. The molecule has 0 aromatic heterocycles. The Bertz CT molecular complexity index is 846. The van der Waals surface area contributed by atoms with Crippen LogP contribution in [0, 0.1) is 59.2 Å². The van der Waals surface area contributed by atoms with Crippen molar-refractivity contribution in [1.29, 1.82) is 0 Å². The highest BCUT2D eigenvalue weighted by Crippen LogP contribution is 2.57. The second kappa shape index (κ2) is 17.4. The van der Waals surface area contributed by atoms with E-state index >= 15 is 0 Å². The number of hydrogen-bond acceptors (Lipinski definition) is 8. The van der Waals surface area contributed by atoms with Crippen molar-refractivity contribution < 1.29 is 38.1 Å². The highest BCUT2D eigenvalue weighted by molar-refractivity contribution is 5.69. The summed E-state index contributed by atoms with van der Waals surface area (Å²) in [6.07, 6.45) is 8.74. The number of carbonyl (C=O) groups excluding carboxylic acids is 4. The molecule has 0 aromatic carbocycles. The van der Waals surface area contributed by atoms with Gasteiger partial charge in [0.2, 0.25) is 0 Å². The smallest absolute Gasteiger partial charge is 0.305 e. The van der Waals surface area contributed by atoms with E-state index in [-0.39, 0.29) is 47.5 Å². The number of rotatable bonds is 16. The first-order valence-electron chi connectivity index (χ1n) is 17.3. The molecule has 8 nitrogen and oxygen atoms in total. The van der Waals surface area contributed by atoms with Gasteiger partial charge in [-0.05, 0) is 91.3 Å². The van der Waals surface area contributed by atoms with Crippen LogP contribution in [0.2, 0.25) is 0 Å². The predicted octanol–water partition coefficient (Wildman–Crippen LogP) is 6.77. The van der Waals surface area contributed by atoms with E-state index in [1.165, 1.54) is 0 Å². The summed E-state index contributed by atoms with van der Waals surface area (Å²) < 4.78 is 22.8. The standard InChI is InChI=1S/C35H58O8/c1-7-28-24(18-40-30(36)9-3)16-26(20-42-32(38)11-5)34(28)22-13-14-23(15-22)35-27(21-43-33(39)12-6)17-25(29(35)8-2)19-41-31(37)10-4/h22-29,34-35H,7-21H2,1-6H3/t22?,23?,24-,25+,26+,27-,28+,29-,34?,35?. The van der Waals surface area contributed by atoms with Crippen molar-refractivity contribution in [3.05, 3.63) is 0 Å². The van der Waals surface area contributed by atoms with Gasteiger partial charge in [-0.25, -0.2) is 0 Å². The van der Waals surface area contributed by atoms with Crippen molar-refractivity contribution in [3.63, 3.8) is 0 Å². The predicted molar refractivity (Wildman–Crippen MR) is 164 cm³/mol. The van der Waals surface area contributed by atoms with Crippen LogP contribution in [0.25, 0.3) is 0 Å². The highest BCUT2D eigenvalue weighted by atomic mass is 16.5. The van der Waals surface area contributed by atoms with Crippen LogP contribution < -0.4 is 0 Å². The fourth-order valence-corrected chi connectivity index (χ4v) is 9.15. The minimum Gasteiger partial charge on any atom is -0.465 e. The number of ether oxygens (including phenoxy) is 4. The highest BCUT2D eigenvalue weighted by Gasteiger charge is 2.52. The van der Waals surface area contributed by atoms with Crippen LogP contribution in [-0.2, 0) is 38.1 Å². The Morgan fingerprint density at radius 3 is 1.05 bits per heavy atom. The maximum atomic E-state index is 12.1. The zero-order valence-corrected chi connectivity index (χ0v) is 27.6. The van der Waals surface area contributed by atoms with E-state index in [0.717, 1.165) is 44.9 Å². The van der Waals surface area contributed by atoms with Gasteiger partial charge in [-0.15, -0.1) is 0 Å². The molecule has 0 radical (unpaired) electrons. The van der Waals surface area contributed by atoms with E-state index < -0.39 is 0 Å². The molecule has 0 amide bonds. The molecular weight excluding hydrogens is 548 g/mol. The minimum absolute atomic E-state index is 0.158. The second-order valence-electron chi connectivity index (χ2n) is 13.3. The Hall–Kier alpha value is -2.12. The lowest BCUT2D eigenvalue weighted by Gasteiger charge is -2.34. The first-order valence-corrected chi connectivity index (χ1v) is 17.3. The fourth-order valence-electron chi connectivity index (χ4n) is 9.15. The average Bonchev–Trinajstić information content (AvgIpc) is 3.74. The number of hydrogen-bond donors (Lipinski definition) is 0. The molecule has 246 valence electrons. The largest absolute Gasteiger partial charge is 0.465 e. The van der Waals surface area contributed by atoms with Crippen LogP contribution in [0.5, 0.6) is 0 Å². The van der Waals surface area contributed by atoms with Gasteiger partial charge in [0.1, 0.15) is 0 Å². The summed E-state index contributed by atoms with van der Waals surface area (Å²) in [6, 6.07) is 0. The van der Waals surface area contributed by atoms with Crippen LogP contribution in [-0.4, -0.2) is 50.3 Å². The molecule has 0 aliphatic heterocycles. The van der Waals surface area contributed by atoms with E-state index in [2.05, 4.69) is 13.8 Å². The summed E-state index contributed by atoms with van der Waals surface area (Å²) in [7, 11) is 0. The van der Waals surface area contributed by atoms with Crippen LogP contribution in [0.3, 0.4) is 0 Å². The molecule has 0 N–H and O–H groups in total. The Morgan fingerprint density at radius 2 is 0.767 bits per heavy atom. The van der Waals surface area contributed by atoms with Crippen molar-refractivity contribution >= 4 is 23.9 Å². The molecule has 0 bridgehead atoms. The molecule has 0 heterocycles. The minimum atomic E-state index is -0.159. The quantitative estimate of drug-likeness (QED) is 0.140. The van der Waals surface area contributed by atoms with Crippen LogP contribution in [0.1, 0.15) is 112 Å². The zero-order chi connectivity index (χ0) is 31.5.